The van der Waals surface area contributed by atoms with Gasteiger partial charge in [0.2, 0.25) is 0 Å². The monoisotopic (exact) mass is 277 g/mol. The first kappa shape index (κ1) is 13.8. The number of nitrogens with two attached hydrogens (primary N) is 1. The third kappa shape index (κ3) is 2.87. The minimum atomic E-state index is -0.220. The van der Waals surface area contributed by atoms with Crippen molar-refractivity contribution in [1.29, 1.82) is 0 Å². The zero-order valence-electron chi connectivity index (χ0n) is 10.9. The smallest absolute Gasteiger partial charge is 0.124 e. The van der Waals surface area contributed by atoms with Gasteiger partial charge in [0.05, 0.1) is 13.2 Å². The summed E-state index contributed by atoms with van der Waals surface area (Å²) in [7, 11) is 1.62. The first-order valence-electron chi connectivity index (χ1n) is 5.87. The molecule has 5 heteroatoms. The molecular formula is C14H16ClN3O. The number of halogens is 1. The number of nitrogens with zero attached hydrogens (tertiary/aromatic N) is 1. The summed E-state index contributed by atoms with van der Waals surface area (Å²) >= 11 is 6.06. The van der Waals surface area contributed by atoms with Crippen LogP contribution in [-0.4, -0.2) is 12.1 Å². The van der Waals surface area contributed by atoms with Crippen molar-refractivity contribution < 1.29 is 4.74 Å². The Labute approximate surface area is 117 Å². The molecule has 0 aliphatic heterocycles. The van der Waals surface area contributed by atoms with E-state index in [4.69, 9.17) is 22.2 Å². The van der Waals surface area contributed by atoms with Gasteiger partial charge in [-0.05, 0) is 42.3 Å². The number of rotatable bonds is 4. The molecule has 0 amide bonds. The molecule has 4 nitrogen and oxygen atoms in total. The maximum atomic E-state index is 6.06. The van der Waals surface area contributed by atoms with Crippen molar-refractivity contribution >= 4 is 11.6 Å². The summed E-state index contributed by atoms with van der Waals surface area (Å²) in [6, 6.07) is 7.18. The van der Waals surface area contributed by atoms with Crippen LogP contribution >= 0.6 is 11.6 Å². The number of methoxy groups -OCH3 is 1. The highest BCUT2D eigenvalue weighted by Crippen LogP contribution is 2.32. The van der Waals surface area contributed by atoms with E-state index >= 15 is 0 Å². The minimum Gasteiger partial charge on any atom is -0.496 e. The fourth-order valence-corrected chi connectivity index (χ4v) is 2.24. The maximum absolute atomic E-state index is 6.06. The van der Waals surface area contributed by atoms with Gasteiger partial charge in [0.1, 0.15) is 5.75 Å². The van der Waals surface area contributed by atoms with Crippen LogP contribution in [0.15, 0.2) is 36.7 Å². The number of hydrogen-bond donors (Lipinski definition) is 2. The number of benzene rings is 1. The van der Waals surface area contributed by atoms with Gasteiger partial charge in [-0.1, -0.05) is 11.6 Å². The van der Waals surface area contributed by atoms with E-state index in [0.29, 0.717) is 5.02 Å². The molecule has 1 heterocycles. The highest BCUT2D eigenvalue weighted by Gasteiger charge is 2.19. The van der Waals surface area contributed by atoms with Crippen molar-refractivity contribution in [2.24, 2.45) is 5.84 Å². The van der Waals surface area contributed by atoms with Gasteiger partial charge in [0.25, 0.3) is 0 Å². The standard InChI is InChI=1S/C14H16ClN3O/c1-9-5-6-17-8-12(9)14(18-16)11-7-10(15)3-4-13(11)19-2/h3-8,14,18H,16H2,1-2H3. The fourth-order valence-electron chi connectivity index (χ4n) is 2.06. The summed E-state index contributed by atoms with van der Waals surface area (Å²) in [5.41, 5.74) is 5.77. The molecule has 1 aromatic carbocycles. The van der Waals surface area contributed by atoms with Gasteiger partial charge in [-0.25, -0.2) is 5.43 Å². The van der Waals surface area contributed by atoms with Gasteiger partial charge in [-0.3, -0.25) is 10.8 Å². The summed E-state index contributed by atoms with van der Waals surface area (Å²) in [4.78, 5) is 4.15. The molecule has 0 fully saturated rings. The molecule has 0 aliphatic carbocycles. The third-order valence-corrected chi connectivity index (χ3v) is 3.30. The molecule has 0 radical (unpaired) electrons. The number of aryl methyl sites for hydroxylation is 1. The van der Waals surface area contributed by atoms with Crippen LogP contribution in [0.4, 0.5) is 0 Å². The number of nitrogens with one attached hydrogen (secondary N) is 1. The van der Waals surface area contributed by atoms with Crippen molar-refractivity contribution in [2.45, 2.75) is 13.0 Å². The molecule has 0 spiro atoms. The Morgan fingerprint density at radius 2 is 2.11 bits per heavy atom. The van der Waals surface area contributed by atoms with Gasteiger partial charge in [0, 0.05) is 23.0 Å². The molecule has 0 bridgehead atoms. The number of hydrazine groups is 1. The third-order valence-electron chi connectivity index (χ3n) is 3.06. The molecule has 3 N–H and O–H groups in total. The Hall–Kier alpha value is -1.62. The molecule has 0 saturated heterocycles. The van der Waals surface area contributed by atoms with Gasteiger partial charge >= 0.3 is 0 Å². The Morgan fingerprint density at radius 3 is 2.74 bits per heavy atom. The molecule has 1 atom stereocenters. The van der Waals surface area contributed by atoms with Gasteiger partial charge < -0.3 is 4.74 Å². The first-order valence-corrected chi connectivity index (χ1v) is 6.25. The summed E-state index contributed by atoms with van der Waals surface area (Å²) in [6.45, 7) is 2.01. The van der Waals surface area contributed by atoms with Crippen LogP contribution < -0.4 is 16.0 Å². The molecule has 1 aromatic heterocycles. The highest BCUT2D eigenvalue weighted by molar-refractivity contribution is 6.30. The summed E-state index contributed by atoms with van der Waals surface area (Å²) < 4.78 is 5.37. The van der Waals surface area contributed by atoms with Crippen LogP contribution in [0.1, 0.15) is 22.7 Å². The second-order valence-corrected chi connectivity index (χ2v) is 4.65. The van der Waals surface area contributed by atoms with Crippen LogP contribution in [0.25, 0.3) is 0 Å². The summed E-state index contributed by atoms with van der Waals surface area (Å²) in [5.74, 6) is 6.43. The number of pyridine rings is 1. The molecule has 19 heavy (non-hydrogen) atoms. The van der Waals surface area contributed by atoms with Crippen molar-refractivity contribution in [1.82, 2.24) is 10.4 Å². The molecule has 0 saturated carbocycles. The normalized spacial score (nSPS) is 12.2. The molecule has 100 valence electrons. The van der Waals surface area contributed by atoms with Crippen LogP contribution in [0.2, 0.25) is 5.02 Å². The van der Waals surface area contributed by atoms with Gasteiger partial charge in [-0.2, -0.15) is 0 Å². The van der Waals surface area contributed by atoms with Gasteiger partial charge in [0.15, 0.2) is 0 Å². The molecule has 1 unspecified atom stereocenters. The largest absolute Gasteiger partial charge is 0.496 e. The lowest BCUT2D eigenvalue weighted by Crippen LogP contribution is -2.29. The molecule has 2 aromatic rings. The van der Waals surface area contributed by atoms with E-state index in [1.54, 1.807) is 25.6 Å². The SMILES string of the molecule is COc1ccc(Cl)cc1C(NN)c1cnccc1C. The Morgan fingerprint density at radius 1 is 1.32 bits per heavy atom. The average Bonchev–Trinajstić information content (AvgIpc) is 2.42. The number of hydrogen-bond acceptors (Lipinski definition) is 4. The van der Waals surface area contributed by atoms with E-state index in [2.05, 4.69) is 10.4 Å². The van der Waals surface area contributed by atoms with Crippen molar-refractivity contribution in [3.05, 3.63) is 58.4 Å². The average molecular weight is 278 g/mol. The topological polar surface area (TPSA) is 60.2 Å². The second kappa shape index (κ2) is 6.02. The summed E-state index contributed by atoms with van der Waals surface area (Å²) in [6.07, 6.45) is 3.54. The van der Waals surface area contributed by atoms with E-state index in [0.717, 1.165) is 22.4 Å². The van der Waals surface area contributed by atoms with E-state index in [1.165, 1.54) is 0 Å². The first-order chi connectivity index (χ1) is 9.17. The zero-order chi connectivity index (χ0) is 13.8. The predicted molar refractivity (Wildman–Crippen MR) is 76.1 cm³/mol. The van der Waals surface area contributed by atoms with Crippen molar-refractivity contribution in [3.8, 4) is 5.75 Å². The van der Waals surface area contributed by atoms with Crippen molar-refractivity contribution in [3.63, 3.8) is 0 Å². The quantitative estimate of drug-likeness (QED) is 0.666. The Bertz CT molecular complexity index is 574. The highest BCUT2D eigenvalue weighted by atomic mass is 35.5. The van der Waals surface area contributed by atoms with Crippen LogP contribution in [0, 0.1) is 6.92 Å². The maximum Gasteiger partial charge on any atom is 0.124 e. The van der Waals surface area contributed by atoms with E-state index in [1.807, 2.05) is 25.1 Å². The van der Waals surface area contributed by atoms with E-state index in [-0.39, 0.29) is 6.04 Å². The summed E-state index contributed by atoms with van der Waals surface area (Å²) in [5, 5.41) is 0.637. The van der Waals surface area contributed by atoms with E-state index in [9.17, 15) is 0 Å². The van der Waals surface area contributed by atoms with Crippen LogP contribution in [0.3, 0.4) is 0 Å². The Kier molecular flexibility index (Phi) is 4.37. The molecular weight excluding hydrogens is 262 g/mol. The van der Waals surface area contributed by atoms with Crippen molar-refractivity contribution in [2.75, 3.05) is 7.11 Å². The predicted octanol–water partition coefficient (Wildman–Crippen LogP) is 2.60. The zero-order valence-corrected chi connectivity index (χ0v) is 11.6. The lowest BCUT2D eigenvalue weighted by Gasteiger charge is -2.21. The second-order valence-electron chi connectivity index (χ2n) is 4.22. The molecule has 2 rings (SSSR count). The van der Waals surface area contributed by atoms with Gasteiger partial charge in [-0.15, -0.1) is 0 Å². The van der Waals surface area contributed by atoms with Crippen LogP contribution in [-0.2, 0) is 0 Å². The Balaban J connectivity index is 2.54. The molecule has 0 aliphatic rings. The number of ether oxygens (including phenoxy) is 1. The lowest BCUT2D eigenvalue weighted by atomic mass is 9.96. The van der Waals surface area contributed by atoms with E-state index < -0.39 is 0 Å². The lowest BCUT2D eigenvalue weighted by molar-refractivity contribution is 0.404. The fraction of sp³-hybridized carbons (Fsp3) is 0.214. The van der Waals surface area contributed by atoms with Crippen LogP contribution in [0.5, 0.6) is 5.75 Å². The minimum absolute atomic E-state index is 0.220. The number of aromatic nitrogens is 1.